The molecule has 0 aliphatic rings. The van der Waals surface area contributed by atoms with E-state index in [0.717, 1.165) is 9.93 Å². The average molecular weight is 180 g/mol. The first-order valence-electron chi connectivity index (χ1n) is 3.62. The van der Waals surface area contributed by atoms with E-state index < -0.39 is 0 Å². The van der Waals surface area contributed by atoms with E-state index in [1.165, 1.54) is 11.8 Å². The quantitative estimate of drug-likeness (QED) is 0.769. The maximum atomic E-state index is 5.40. The highest BCUT2D eigenvalue weighted by molar-refractivity contribution is 8.11. The minimum Gasteiger partial charge on any atom is -0.326 e. The minimum atomic E-state index is 0.491. The van der Waals surface area contributed by atoms with Crippen molar-refractivity contribution in [2.75, 3.05) is 6.54 Å². The molecular weight excluding hydrogens is 168 g/mol. The number of rotatable bonds is 4. The molecule has 12 heavy (non-hydrogen) atoms. The third-order valence-electron chi connectivity index (χ3n) is 1.38. The highest BCUT2D eigenvalue weighted by atomic mass is 32.2. The van der Waals surface area contributed by atoms with Crippen molar-refractivity contribution in [3.8, 4) is 0 Å². The Morgan fingerprint density at radius 1 is 1.33 bits per heavy atom. The molecule has 0 bridgehead atoms. The van der Waals surface area contributed by atoms with Gasteiger partial charge in [-0.3, -0.25) is 0 Å². The maximum absolute atomic E-state index is 5.40. The fourth-order valence-corrected chi connectivity index (χ4v) is 1.41. The number of thioether (sulfide) groups is 1. The molecule has 0 unspecified atom stereocenters. The Bertz CT molecular complexity index is 275. The van der Waals surface area contributed by atoms with Gasteiger partial charge in [0.1, 0.15) is 0 Å². The topological polar surface area (TPSA) is 30.9 Å². The van der Waals surface area contributed by atoms with Gasteiger partial charge in [0.2, 0.25) is 0 Å². The van der Waals surface area contributed by atoms with Crippen LogP contribution < -0.4 is 5.73 Å². The molecule has 1 rings (SSSR count). The van der Waals surface area contributed by atoms with E-state index in [1.54, 1.807) is 0 Å². The summed E-state index contributed by atoms with van der Waals surface area (Å²) in [5, 5.41) is 0.926. The van der Waals surface area contributed by atoms with Gasteiger partial charge in [0.15, 0.2) is 0 Å². The molecule has 0 aliphatic carbocycles. The molecule has 0 atom stereocenters. The van der Waals surface area contributed by atoms with Crippen LogP contribution in [0.1, 0.15) is 0 Å². The number of nitrogens with zero attached hydrogens (tertiary/aromatic N) is 1. The van der Waals surface area contributed by atoms with Crippen molar-refractivity contribution in [2.24, 2.45) is 5.73 Å². The molecule has 1 aromatic rings. The third kappa shape index (κ3) is 2.29. The van der Waals surface area contributed by atoms with Gasteiger partial charge in [-0.25, -0.2) is 0 Å². The van der Waals surface area contributed by atoms with Crippen LogP contribution in [-0.2, 0) is 0 Å². The molecule has 2 nitrogen and oxygen atoms in total. The average Bonchev–Trinajstić information content (AvgIpc) is 2.56. The molecule has 0 aromatic carbocycles. The molecule has 3 heteroatoms. The molecule has 0 radical (unpaired) electrons. The molecule has 64 valence electrons. The lowest BCUT2D eigenvalue weighted by Gasteiger charge is -2.06. The Morgan fingerprint density at radius 2 is 1.92 bits per heavy atom. The Hall–Kier alpha value is -0.930. The van der Waals surface area contributed by atoms with Gasteiger partial charge in [-0.1, -0.05) is 24.9 Å². The van der Waals surface area contributed by atoms with Crippen molar-refractivity contribution in [1.29, 1.82) is 0 Å². The van der Waals surface area contributed by atoms with Crippen LogP contribution in [0.4, 0.5) is 0 Å². The van der Waals surface area contributed by atoms with Crippen LogP contribution in [0, 0.1) is 0 Å². The molecule has 0 fully saturated rings. The monoisotopic (exact) mass is 180 g/mol. The number of aromatic nitrogens is 1. The summed E-state index contributed by atoms with van der Waals surface area (Å²) < 4.78 is 1.94. The predicted octanol–water partition coefficient (Wildman–Crippen LogP) is 2.12. The molecule has 2 N–H and O–H groups in total. The summed E-state index contributed by atoms with van der Waals surface area (Å²) in [7, 11) is 0. The first-order valence-corrected chi connectivity index (χ1v) is 4.43. The van der Waals surface area contributed by atoms with Crippen molar-refractivity contribution >= 4 is 16.8 Å². The molecule has 1 heterocycles. The molecule has 0 aliphatic heterocycles. The third-order valence-corrected chi connectivity index (χ3v) is 2.28. The Labute approximate surface area is 76.8 Å². The maximum Gasteiger partial charge on any atom is 0.0760 e. The van der Waals surface area contributed by atoms with Crippen LogP contribution in [0.15, 0.2) is 42.6 Å². The van der Waals surface area contributed by atoms with Crippen molar-refractivity contribution in [3.63, 3.8) is 0 Å². The number of hydrogen-bond acceptors (Lipinski definition) is 2. The smallest absolute Gasteiger partial charge is 0.0760 e. The Kier molecular flexibility index (Phi) is 3.19. The summed E-state index contributed by atoms with van der Waals surface area (Å²) in [6, 6.07) is 3.91. The lowest BCUT2D eigenvalue weighted by Crippen LogP contribution is -1.99. The Morgan fingerprint density at radius 3 is 2.42 bits per heavy atom. The van der Waals surface area contributed by atoms with Crippen LogP contribution in [0.2, 0.25) is 0 Å². The van der Waals surface area contributed by atoms with Gasteiger partial charge in [-0.05, 0) is 17.0 Å². The van der Waals surface area contributed by atoms with Crippen LogP contribution in [0.5, 0.6) is 0 Å². The Balaban J connectivity index is 2.56. The van der Waals surface area contributed by atoms with Crippen molar-refractivity contribution in [3.05, 3.63) is 42.6 Å². The zero-order chi connectivity index (χ0) is 8.97. The van der Waals surface area contributed by atoms with Crippen LogP contribution in [0.3, 0.4) is 0 Å². The van der Waals surface area contributed by atoms with Crippen molar-refractivity contribution in [1.82, 2.24) is 4.57 Å². The standard InChI is InChI=1S/C9H12N2S/c1-8(7-10)12-9(2)11-5-3-4-6-11/h3-6H,1-2,7,10H2. The second-order valence-corrected chi connectivity index (χ2v) is 3.58. The summed E-state index contributed by atoms with van der Waals surface area (Å²) in [6.07, 6.45) is 3.89. The fraction of sp³-hybridized carbons (Fsp3) is 0.111. The second-order valence-electron chi connectivity index (χ2n) is 2.33. The second kappa shape index (κ2) is 4.18. The highest BCUT2D eigenvalue weighted by Gasteiger charge is 1.98. The molecule has 1 aromatic heterocycles. The highest BCUT2D eigenvalue weighted by Crippen LogP contribution is 2.25. The first-order chi connectivity index (χ1) is 5.74. The van der Waals surface area contributed by atoms with Gasteiger partial charge in [0.25, 0.3) is 0 Å². The zero-order valence-electron chi connectivity index (χ0n) is 6.86. The largest absolute Gasteiger partial charge is 0.326 e. The molecule has 0 saturated heterocycles. The zero-order valence-corrected chi connectivity index (χ0v) is 7.68. The lowest BCUT2D eigenvalue weighted by molar-refractivity contribution is 1.16. The minimum absolute atomic E-state index is 0.491. The van der Waals surface area contributed by atoms with E-state index in [-0.39, 0.29) is 0 Å². The summed E-state index contributed by atoms with van der Waals surface area (Å²) in [5.74, 6) is 0. The summed E-state index contributed by atoms with van der Waals surface area (Å²) in [5.41, 5.74) is 5.40. The molecule has 0 amide bonds. The van der Waals surface area contributed by atoms with Crippen molar-refractivity contribution in [2.45, 2.75) is 0 Å². The molecule has 0 saturated carbocycles. The van der Waals surface area contributed by atoms with Gasteiger partial charge in [-0.15, -0.1) is 0 Å². The first kappa shape index (κ1) is 9.16. The summed E-state index contributed by atoms with van der Waals surface area (Å²) in [4.78, 5) is 0.925. The van der Waals surface area contributed by atoms with E-state index in [2.05, 4.69) is 13.2 Å². The lowest BCUT2D eigenvalue weighted by atomic mass is 10.7. The van der Waals surface area contributed by atoms with Gasteiger partial charge < -0.3 is 10.3 Å². The van der Waals surface area contributed by atoms with Crippen molar-refractivity contribution < 1.29 is 0 Å². The van der Waals surface area contributed by atoms with E-state index in [0.29, 0.717) is 6.54 Å². The normalized spacial score (nSPS) is 9.75. The van der Waals surface area contributed by atoms with Crippen LogP contribution >= 0.6 is 11.8 Å². The fourth-order valence-electron chi connectivity index (χ4n) is 0.762. The summed E-state index contributed by atoms with van der Waals surface area (Å²) in [6.45, 7) is 8.17. The van der Waals surface area contributed by atoms with Gasteiger partial charge in [0.05, 0.1) is 5.03 Å². The SMILES string of the molecule is C=C(CN)SC(=C)n1cccc1. The van der Waals surface area contributed by atoms with E-state index in [1.807, 2.05) is 29.1 Å². The van der Waals surface area contributed by atoms with Crippen LogP contribution in [0.25, 0.3) is 5.03 Å². The molecule has 0 spiro atoms. The van der Waals surface area contributed by atoms with E-state index in [4.69, 9.17) is 5.73 Å². The number of hydrogen-bond donors (Lipinski definition) is 1. The van der Waals surface area contributed by atoms with Gasteiger partial charge in [0, 0.05) is 18.9 Å². The number of nitrogens with two attached hydrogens (primary N) is 1. The summed E-state index contributed by atoms with van der Waals surface area (Å²) >= 11 is 1.51. The van der Waals surface area contributed by atoms with Gasteiger partial charge in [-0.2, -0.15) is 0 Å². The van der Waals surface area contributed by atoms with Crippen LogP contribution in [-0.4, -0.2) is 11.1 Å². The predicted molar refractivity (Wildman–Crippen MR) is 55.5 cm³/mol. The molecular formula is C9H12N2S. The van der Waals surface area contributed by atoms with Gasteiger partial charge >= 0.3 is 0 Å². The van der Waals surface area contributed by atoms with E-state index >= 15 is 0 Å². The van der Waals surface area contributed by atoms with E-state index in [9.17, 15) is 0 Å².